The fourth-order valence-corrected chi connectivity index (χ4v) is 3.44. The molecule has 1 aliphatic rings. The van der Waals surface area contributed by atoms with Gasteiger partial charge in [-0.25, -0.2) is 4.98 Å². The van der Waals surface area contributed by atoms with Crippen LogP contribution in [0, 0.1) is 6.92 Å². The molecular weight excluding hydrogens is 400 g/mol. The summed E-state index contributed by atoms with van der Waals surface area (Å²) in [5, 5.41) is 1.87. The zero-order chi connectivity index (χ0) is 20.9. The fraction of sp³-hybridized carbons (Fsp3) is 0.0870. The minimum absolute atomic E-state index is 0.290. The van der Waals surface area contributed by atoms with Crippen molar-refractivity contribution in [1.29, 1.82) is 0 Å². The summed E-state index contributed by atoms with van der Waals surface area (Å²) in [6, 6.07) is 17.3. The molecule has 0 bridgehead atoms. The van der Waals surface area contributed by atoms with Crippen molar-refractivity contribution in [3.05, 3.63) is 88.7 Å². The zero-order valence-corrected chi connectivity index (χ0v) is 16.9. The Morgan fingerprint density at radius 3 is 2.73 bits per heavy atom. The van der Waals surface area contributed by atoms with Crippen LogP contribution in [0.2, 0.25) is 0 Å². The van der Waals surface area contributed by atoms with Crippen molar-refractivity contribution in [3.8, 4) is 17.2 Å². The maximum atomic E-state index is 11.5. The molecule has 1 saturated heterocycles. The molecule has 0 spiro atoms. The molecule has 2 amide bonds. The van der Waals surface area contributed by atoms with Crippen LogP contribution in [0.4, 0.5) is 4.79 Å². The molecule has 2 aromatic carbocycles. The second-order valence-electron chi connectivity index (χ2n) is 6.48. The molecule has 0 atom stereocenters. The molecule has 150 valence electrons. The van der Waals surface area contributed by atoms with Gasteiger partial charge in [0.2, 0.25) is 5.89 Å². The van der Waals surface area contributed by atoms with Crippen LogP contribution in [0.25, 0.3) is 17.5 Å². The highest BCUT2D eigenvalue weighted by Gasteiger charge is 2.24. The second-order valence-corrected chi connectivity index (χ2v) is 7.50. The first-order valence-electron chi connectivity index (χ1n) is 9.24. The molecule has 0 radical (unpaired) electrons. The van der Waals surface area contributed by atoms with Gasteiger partial charge in [-0.05, 0) is 54.6 Å². The van der Waals surface area contributed by atoms with Crippen LogP contribution in [-0.4, -0.2) is 16.1 Å². The van der Waals surface area contributed by atoms with E-state index in [-0.39, 0.29) is 17.8 Å². The van der Waals surface area contributed by atoms with Gasteiger partial charge in [-0.2, -0.15) is 0 Å². The molecule has 1 aromatic heterocycles. The Balaban J connectivity index is 1.41. The topological polar surface area (TPSA) is 81.4 Å². The number of carbonyl (C=O) groups is 2. The number of oxazole rings is 1. The van der Waals surface area contributed by atoms with Crippen molar-refractivity contribution in [2.45, 2.75) is 13.5 Å². The zero-order valence-electron chi connectivity index (χ0n) is 16.1. The molecule has 1 aliphatic heterocycles. The summed E-state index contributed by atoms with van der Waals surface area (Å²) in [4.78, 5) is 27.6. The molecule has 2 heterocycles. The van der Waals surface area contributed by atoms with Gasteiger partial charge in [0, 0.05) is 5.56 Å². The lowest BCUT2D eigenvalue weighted by atomic mass is 10.2. The number of aryl methyl sites for hydroxylation is 1. The predicted molar refractivity (Wildman–Crippen MR) is 116 cm³/mol. The molecule has 1 N–H and O–H groups in total. The van der Waals surface area contributed by atoms with Crippen LogP contribution in [0.15, 0.2) is 76.1 Å². The molecule has 1 fully saturated rings. The predicted octanol–water partition coefficient (Wildman–Crippen LogP) is 5.11. The third-order valence-electron chi connectivity index (χ3n) is 4.33. The van der Waals surface area contributed by atoms with E-state index in [1.165, 1.54) is 0 Å². The quantitative estimate of drug-likeness (QED) is 0.560. The molecular formula is C23H18N2O4S. The van der Waals surface area contributed by atoms with Crippen molar-refractivity contribution in [2.24, 2.45) is 0 Å². The van der Waals surface area contributed by atoms with Crippen molar-refractivity contribution in [3.63, 3.8) is 0 Å². The van der Waals surface area contributed by atoms with E-state index >= 15 is 0 Å². The average Bonchev–Trinajstić information content (AvgIpc) is 3.28. The van der Waals surface area contributed by atoms with Gasteiger partial charge < -0.3 is 9.15 Å². The van der Waals surface area contributed by atoms with Crippen LogP contribution in [0.1, 0.15) is 17.0 Å². The van der Waals surface area contributed by atoms with Crippen molar-refractivity contribution in [2.75, 3.05) is 0 Å². The number of ether oxygens (including phenoxy) is 1. The summed E-state index contributed by atoms with van der Waals surface area (Å²) in [7, 11) is 0. The van der Waals surface area contributed by atoms with Gasteiger partial charge in [-0.15, -0.1) is 0 Å². The Hall–Kier alpha value is -3.58. The van der Waals surface area contributed by atoms with E-state index in [4.69, 9.17) is 9.15 Å². The van der Waals surface area contributed by atoms with Crippen molar-refractivity contribution in [1.82, 2.24) is 10.3 Å². The van der Waals surface area contributed by atoms with E-state index < -0.39 is 0 Å². The standard InChI is InChI=1S/C23H18N2O4S/c1-15-19(24-22(29-15)17-9-3-2-4-10-17)14-28-18-11-5-7-16(13-18)8-6-12-20-21(26)25-23(27)30-20/h2-13H,14H2,1H3,(H,25,26,27). The summed E-state index contributed by atoms with van der Waals surface area (Å²) >= 11 is 0.889. The highest BCUT2D eigenvalue weighted by atomic mass is 32.2. The van der Waals surface area contributed by atoms with Crippen molar-refractivity contribution < 1.29 is 18.7 Å². The number of imide groups is 1. The maximum absolute atomic E-state index is 11.5. The van der Waals surface area contributed by atoms with Crippen LogP contribution in [0.3, 0.4) is 0 Å². The summed E-state index contributed by atoms with van der Waals surface area (Å²) < 4.78 is 11.7. The average molecular weight is 418 g/mol. The normalized spacial score (nSPS) is 15.2. The van der Waals surface area contributed by atoms with E-state index in [9.17, 15) is 9.59 Å². The third-order valence-corrected chi connectivity index (χ3v) is 5.15. The SMILES string of the molecule is Cc1oc(-c2ccccc2)nc1COc1cccc(C=CC=C2SC(=O)NC2=O)c1. The van der Waals surface area contributed by atoms with Gasteiger partial charge >= 0.3 is 0 Å². The lowest BCUT2D eigenvalue weighted by molar-refractivity contribution is -0.115. The number of aromatic nitrogens is 1. The van der Waals surface area contributed by atoms with Crippen LogP contribution in [0.5, 0.6) is 5.75 Å². The Labute approximate surface area is 177 Å². The fourth-order valence-electron chi connectivity index (χ4n) is 2.81. The number of nitrogens with zero attached hydrogens (tertiary/aromatic N) is 1. The monoisotopic (exact) mass is 418 g/mol. The third kappa shape index (κ3) is 4.69. The lowest BCUT2D eigenvalue weighted by Crippen LogP contribution is -2.17. The molecule has 0 saturated carbocycles. The largest absolute Gasteiger partial charge is 0.487 e. The van der Waals surface area contributed by atoms with Gasteiger partial charge in [0.05, 0.1) is 4.91 Å². The molecule has 0 aliphatic carbocycles. The van der Waals surface area contributed by atoms with Crippen LogP contribution in [-0.2, 0) is 11.4 Å². The summed E-state index contributed by atoms with van der Waals surface area (Å²) in [6.07, 6.45) is 5.18. The number of rotatable bonds is 6. The van der Waals surface area contributed by atoms with Gasteiger partial charge in [-0.3, -0.25) is 14.9 Å². The molecule has 3 aromatic rings. The van der Waals surface area contributed by atoms with Gasteiger partial charge in [0.25, 0.3) is 11.1 Å². The molecule has 0 unspecified atom stereocenters. The molecule has 7 heteroatoms. The van der Waals surface area contributed by atoms with Gasteiger partial charge in [0.15, 0.2) is 0 Å². The number of benzene rings is 2. The first kappa shape index (κ1) is 19.7. The van der Waals surface area contributed by atoms with E-state index in [0.29, 0.717) is 16.5 Å². The highest BCUT2D eigenvalue weighted by molar-refractivity contribution is 8.18. The Bertz CT molecular complexity index is 1150. The summed E-state index contributed by atoms with van der Waals surface area (Å²) in [6.45, 7) is 2.16. The highest BCUT2D eigenvalue weighted by Crippen LogP contribution is 2.24. The van der Waals surface area contributed by atoms with E-state index in [1.807, 2.05) is 67.6 Å². The Morgan fingerprint density at radius 1 is 1.13 bits per heavy atom. The number of allylic oxidation sites excluding steroid dienone is 2. The minimum atomic E-state index is -0.371. The summed E-state index contributed by atoms with van der Waals surface area (Å²) in [5.41, 5.74) is 2.57. The van der Waals surface area contributed by atoms with Gasteiger partial charge in [0.1, 0.15) is 23.8 Å². The van der Waals surface area contributed by atoms with E-state index in [1.54, 1.807) is 12.2 Å². The minimum Gasteiger partial charge on any atom is -0.487 e. The van der Waals surface area contributed by atoms with E-state index in [0.717, 1.165) is 34.3 Å². The smallest absolute Gasteiger partial charge is 0.290 e. The Kier molecular flexibility index (Phi) is 5.81. The number of nitrogens with one attached hydrogen (secondary N) is 1. The number of amides is 2. The molecule has 4 rings (SSSR count). The number of carbonyl (C=O) groups excluding carboxylic acids is 2. The molecule has 6 nitrogen and oxygen atoms in total. The van der Waals surface area contributed by atoms with E-state index in [2.05, 4.69) is 10.3 Å². The van der Waals surface area contributed by atoms with Gasteiger partial charge in [-0.1, -0.05) is 42.5 Å². The number of hydrogen-bond donors (Lipinski definition) is 1. The second kappa shape index (κ2) is 8.84. The van der Waals surface area contributed by atoms with Crippen LogP contribution >= 0.6 is 11.8 Å². The Morgan fingerprint density at radius 2 is 1.97 bits per heavy atom. The number of hydrogen-bond acceptors (Lipinski definition) is 6. The first-order valence-corrected chi connectivity index (χ1v) is 10.1. The summed E-state index contributed by atoms with van der Waals surface area (Å²) in [5.74, 6) is 1.61. The first-order chi connectivity index (χ1) is 14.6. The maximum Gasteiger partial charge on any atom is 0.290 e. The molecule has 30 heavy (non-hydrogen) atoms. The lowest BCUT2D eigenvalue weighted by Gasteiger charge is -2.05. The number of thioether (sulfide) groups is 1. The van der Waals surface area contributed by atoms with Crippen LogP contribution < -0.4 is 10.1 Å². The van der Waals surface area contributed by atoms with Crippen molar-refractivity contribution >= 4 is 29.0 Å².